The Kier molecular flexibility index (Phi) is 4.20. The van der Waals surface area contributed by atoms with Crippen LogP contribution in [0.4, 0.5) is 0 Å². The highest BCUT2D eigenvalue weighted by Crippen LogP contribution is 2.31. The van der Waals surface area contributed by atoms with E-state index in [2.05, 4.69) is 27.6 Å². The molecule has 0 fully saturated rings. The first kappa shape index (κ1) is 14.7. The van der Waals surface area contributed by atoms with Gasteiger partial charge in [-0.1, -0.05) is 11.2 Å². The number of benzene rings is 1. The van der Waals surface area contributed by atoms with Crippen molar-refractivity contribution in [2.45, 2.75) is 38.6 Å². The maximum absolute atomic E-state index is 10.8. The van der Waals surface area contributed by atoms with Gasteiger partial charge in [-0.25, -0.2) is 0 Å². The maximum atomic E-state index is 10.8. The molecule has 22 heavy (non-hydrogen) atoms. The molecule has 1 atom stereocenters. The molecule has 1 amide bonds. The Hall–Kier alpha value is -2.21. The third-order valence-corrected chi connectivity index (χ3v) is 3.94. The quantitative estimate of drug-likeness (QED) is 0.897. The molecule has 2 aromatic rings. The molecular weight excluding hydrogens is 280 g/mol. The van der Waals surface area contributed by atoms with Crippen molar-refractivity contribution < 1.29 is 9.32 Å². The topological polar surface area (TPSA) is 94.0 Å². The van der Waals surface area contributed by atoms with Crippen LogP contribution in [0.3, 0.4) is 0 Å². The molecule has 0 aliphatic heterocycles. The molecule has 6 heteroatoms. The first-order valence-corrected chi connectivity index (χ1v) is 7.59. The average Bonchev–Trinajstić information content (AvgIpc) is 2.96. The summed E-state index contributed by atoms with van der Waals surface area (Å²) in [6.07, 6.45) is 3.75. The molecule has 3 N–H and O–H groups in total. The van der Waals surface area contributed by atoms with Gasteiger partial charge in [0.05, 0.1) is 0 Å². The Morgan fingerprint density at radius 2 is 2.36 bits per heavy atom. The zero-order valence-electron chi connectivity index (χ0n) is 12.6. The SMILES string of the molecule is CC(=O)NCCc1noc(-c2ccc3c(c2)CCCC3N)n1. The predicted octanol–water partition coefficient (Wildman–Crippen LogP) is 1.75. The van der Waals surface area contributed by atoms with Crippen LogP contribution in [0.25, 0.3) is 11.5 Å². The first-order chi connectivity index (χ1) is 10.6. The van der Waals surface area contributed by atoms with E-state index in [1.165, 1.54) is 18.1 Å². The Bertz CT molecular complexity index is 681. The Labute approximate surface area is 129 Å². The van der Waals surface area contributed by atoms with Crippen molar-refractivity contribution in [2.24, 2.45) is 5.73 Å². The van der Waals surface area contributed by atoms with Gasteiger partial charge in [-0.2, -0.15) is 4.98 Å². The zero-order chi connectivity index (χ0) is 15.5. The molecule has 1 unspecified atom stereocenters. The molecule has 6 nitrogen and oxygen atoms in total. The van der Waals surface area contributed by atoms with Gasteiger partial charge in [0.15, 0.2) is 5.82 Å². The van der Waals surface area contributed by atoms with E-state index >= 15 is 0 Å². The minimum absolute atomic E-state index is 0.0604. The molecule has 1 aliphatic rings. The van der Waals surface area contributed by atoms with Gasteiger partial charge < -0.3 is 15.6 Å². The smallest absolute Gasteiger partial charge is 0.257 e. The number of carbonyl (C=O) groups excluding carboxylic acids is 1. The Morgan fingerprint density at radius 3 is 3.18 bits per heavy atom. The largest absolute Gasteiger partial charge is 0.356 e. The fourth-order valence-electron chi connectivity index (χ4n) is 2.81. The number of hydrogen-bond donors (Lipinski definition) is 2. The number of nitrogens with one attached hydrogen (secondary N) is 1. The minimum Gasteiger partial charge on any atom is -0.356 e. The van der Waals surface area contributed by atoms with E-state index in [9.17, 15) is 4.79 Å². The molecule has 1 heterocycles. The van der Waals surface area contributed by atoms with Gasteiger partial charge in [0, 0.05) is 31.5 Å². The van der Waals surface area contributed by atoms with Crippen molar-refractivity contribution in [1.29, 1.82) is 0 Å². The number of rotatable bonds is 4. The van der Waals surface area contributed by atoms with Gasteiger partial charge in [-0.3, -0.25) is 4.79 Å². The van der Waals surface area contributed by atoms with Gasteiger partial charge >= 0.3 is 0 Å². The molecule has 0 radical (unpaired) electrons. The van der Waals surface area contributed by atoms with Crippen molar-refractivity contribution in [2.75, 3.05) is 6.54 Å². The first-order valence-electron chi connectivity index (χ1n) is 7.59. The van der Waals surface area contributed by atoms with Gasteiger partial charge in [0.25, 0.3) is 5.89 Å². The number of amides is 1. The van der Waals surface area contributed by atoms with Crippen molar-refractivity contribution in [3.05, 3.63) is 35.2 Å². The molecular formula is C16H20N4O2. The summed E-state index contributed by atoms with van der Waals surface area (Å²) in [5.41, 5.74) is 9.55. The number of carbonyl (C=O) groups is 1. The minimum atomic E-state index is -0.0604. The van der Waals surface area contributed by atoms with Crippen LogP contribution >= 0.6 is 0 Å². The molecule has 0 saturated heterocycles. The number of nitrogens with two attached hydrogens (primary N) is 1. The standard InChI is InChI=1S/C16H20N4O2/c1-10(21)18-8-7-15-19-16(22-20-15)12-5-6-13-11(9-12)3-2-4-14(13)17/h5-6,9,14H,2-4,7-8,17H2,1H3,(H,18,21). The van der Waals surface area contributed by atoms with E-state index in [0.29, 0.717) is 24.7 Å². The van der Waals surface area contributed by atoms with E-state index in [-0.39, 0.29) is 11.9 Å². The van der Waals surface area contributed by atoms with Crippen LogP contribution in [0, 0.1) is 0 Å². The second-order valence-electron chi connectivity index (χ2n) is 5.66. The fraction of sp³-hybridized carbons (Fsp3) is 0.438. The third-order valence-electron chi connectivity index (χ3n) is 3.94. The van der Waals surface area contributed by atoms with Gasteiger partial charge in [-0.05, 0) is 42.5 Å². The molecule has 0 bridgehead atoms. The van der Waals surface area contributed by atoms with Crippen LogP contribution in [-0.2, 0) is 17.6 Å². The summed E-state index contributed by atoms with van der Waals surface area (Å²) in [4.78, 5) is 15.2. The van der Waals surface area contributed by atoms with E-state index < -0.39 is 0 Å². The second kappa shape index (κ2) is 6.27. The van der Waals surface area contributed by atoms with Gasteiger partial charge in [-0.15, -0.1) is 0 Å². The van der Waals surface area contributed by atoms with Gasteiger partial charge in [0.2, 0.25) is 5.91 Å². The lowest BCUT2D eigenvalue weighted by Gasteiger charge is -2.22. The molecule has 116 valence electrons. The highest BCUT2D eigenvalue weighted by molar-refractivity contribution is 5.72. The van der Waals surface area contributed by atoms with Crippen LogP contribution in [0.2, 0.25) is 0 Å². The lowest BCUT2D eigenvalue weighted by atomic mass is 9.87. The second-order valence-corrected chi connectivity index (χ2v) is 5.66. The molecule has 1 aromatic heterocycles. The summed E-state index contributed by atoms with van der Waals surface area (Å²) in [7, 11) is 0. The number of aryl methyl sites for hydroxylation is 1. The lowest BCUT2D eigenvalue weighted by molar-refractivity contribution is -0.118. The van der Waals surface area contributed by atoms with E-state index in [1.54, 1.807) is 0 Å². The number of fused-ring (bicyclic) bond motifs is 1. The maximum Gasteiger partial charge on any atom is 0.257 e. The fourth-order valence-corrected chi connectivity index (χ4v) is 2.81. The van der Waals surface area contributed by atoms with Crippen molar-refractivity contribution in [3.63, 3.8) is 0 Å². The highest BCUT2D eigenvalue weighted by atomic mass is 16.5. The van der Waals surface area contributed by atoms with Crippen LogP contribution in [0.5, 0.6) is 0 Å². The highest BCUT2D eigenvalue weighted by Gasteiger charge is 2.18. The van der Waals surface area contributed by atoms with Gasteiger partial charge in [0.1, 0.15) is 0 Å². The van der Waals surface area contributed by atoms with E-state index in [0.717, 1.165) is 24.8 Å². The summed E-state index contributed by atoms with van der Waals surface area (Å²) in [5.74, 6) is 1.05. The van der Waals surface area contributed by atoms with Crippen molar-refractivity contribution >= 4 is 5.91 Å². The number of aromatic nitrogens is 2. The number of hydrogen-bond acceptors (Lipinski definition) is 5. The van der Waals surface area contributed by atoms with Crippen LogP contribution in [0.1, 0.15) is 42.8 Å². The predicted molar refractivity (Wildman–Crippen MR) is 82.0 cm³/mol. The van der Waals surface area contributed by atoms with E-state index in [1.807, 2.05) is 6.07 Å². The van der Waals surface area contributed by atoms with Crippen LogP contribution in [0.15, 0.2) is 22.7 Å². The number of nitrogens with zero attached hydrogens (tertiary/aromatic N) is 2. The Morgan fingerprint density at radius 1 is 1.50 bits per heavy atom. The average molecular weight is 300 g/mol. The molecule has 0 saturated carbocycles. The summed E-state index contributed by atoms with van der Waals surface area (Å²) >= 11 is 0. The third kappa shape index (κ3) is 3.17. The van der Waals surface area contributed by atoms with Crippen LogP contribution in [-0.4, -0.2) is 22.6 Å². The summed E-state index contributed by atoms with van der Waals surface area (Å²) < 4.78 is 5.32. The Balaban J connectivity index is 1.74. The van der Waals surface area contributed by atoms with Crippen LogP contribution < -0.4 is 11.1 Å². The van der Waals surface area contributed by atoms with Crippen molar-refractivity contribution in [3.8, 4) is 11.5 Å². The molecule has 1 aliphatic carbocycles. The molecule has 1 aromatic carbocycles. The lowest BCUT2D eigenvalue weighted by Crippen LogP contribution is -2.22. The zero-order valence-corrected chi connectivity index (χ0v) is 12.6. The monoisotopic (exact) mass is 300 g/mol. The summed E-state index contributed by atoms with van der Waals surface area (Å²) in [6.45, 7) is 1.99. The van der Waals surface area contributed by atoms with E-state index in [4.69, 9.17) is 10.3 Å². The summed E-state index contributed by atoms with van der Waals surface area (Å²) in [5, 5.41) is 6.67. The van der Waals surface area contributed by atoms with Crippen molar-refractivity contribution in [1.82, 2.24) is 15.5 Å². The normalized spacial score (nSPS) is 17.1. The summed E-state index contributed by atoms with van der Waals surface area (Å²) in [6, 6.07) is 6.28. The molecule has 3 rings (SSSR count). The molecule has 0 spiro atoms.